The number of hydrogen-bond acceptors (Lipinski definition) is 2. The first-order valence-electron chi connectivity index (χ1n) is 3.40. The van der Waals surface area contributed by atoms with Crippen molar-refractivity contribution in [3.05, 3.63) is 0 Å². The van der Waals surface area contributed by atoms with E-state index in [0.29, 0.717) is 6.61 Å². The topological polar surface area (TPSA) is 20.2 Å². The second kappa shape index (κ2) is 4.18. The van der Waals surface area contributed by atoms with Gasteiger partial charge < -0.3 is 5.11 Å². The molecule has 0 aromatic carbocycles. The molecule has 9 heavy (non-hydrogen) atoms. The molecule has 0 unspecified atom stereocenters. The van der Waals surface area contributed by atoms with Gasteiger partial charge in [-0.15, -0.1) is 0 Å². The molecule has 0 fully saturated rings. The van der Waals surface area contributed by atoms with Crippen LogP contribution in [0.15, 0.2) is 0 Å². The largest absolute Gasteiger partial charge is 0.395 e. The zero-order chi connectivity index (χ0) is 7.33. The van der Waals surface area contributed by atoms with Crippen LogP contribution in [0.5, 0.6) is 0 Å². The average Bonchev–Trinajstić information content (AvgIpc) is 1.95. The third kappa shape index (κ3) is 2.18. The highest BCUT2D eigenvalue weighted by Gasteiger charge is 2.22. The summed E-state index contributed by atoms with van der Waals surface area (Å²) in [5.41, 5.74) is 0. The summed E-state index contributed by atoms with van der Waals surface area (Å²) >= 11 is 1.77. The van der Waals surface area contributed by atoms with Gasteiger partial charge in [0.1, 0.15) is 0 Å². The van der Waals surface area contributed by atoms with E-state index in [-0.39, 0.29) is 4.75 Å². The van der Waals surface area contributed by atoms with Crippen LogP contribution in [0, 0.1) is 0 Å². The summed E-state index contributed by atoms with van der Waals surface area (Å²) in [5.74, 6) is 0. The van der Waals surface area contributed by atoms with E-state index < -0.39 is 0 Å². The van der Waals surface area contributed by atoms with Crippen molar-refractivity contribution in [3.8, 4) is 0 Å². The smallest absolute Gasteiger partial charge is 0.0577 e. The lowest BCUT2D eigenvalue weighted by molar-refractivity contribution is 0.240. The molecule has 0 aliphatic carbocycles. The number of aliphatic hydroxyl groups excluding tert-OH is 1. The zero-order valence-electron chi connectivity index (χ0n) is 6.48. The van der Waals surface area contributed by atoms with Crippen LogP contribution in [0.4, 0.5) is 0 Å². The summed E-state index contributed by atoms with van der Waals surface area (Å²) < 4.78 is 0.139. The van der Waals surface area contributed by atoms with Gasteiger partial charge in [-0.3, -0.25) is 0 Å². The van der Waals surface area contributed by atoms with Crippen molar-refractivity contribution in [2.75, 3.05) is 12.9 Å². The van der Waals surface area contributed by atoms with Crippen LogP contribution in [0.25, 0.3) is 0 Å². The minimum atomic E-state index is 0.139. The van der Waals surface area contributed by atoms with Crippen LogP contribution in [-0.2, 0) is 0 Å². The molecular formula is C7H16OS. The van der Waals surface area contributed by atoms with E-state index in [9.17, 15) is 0 Å². The van der Waals surface area contributed by atoms with E-state index in [0.717, 1.165) is 12.8 Å². The van der Waals surface area contributed by atoms with Gasteiger partial charge in [0.2, 0.25) is 0 Å². The predicted molar refractivity (Wildman–Crippen MR) is 43.9 cm³/mol. The molecule has 0 radical (unpaired) electrons. The second-order valence-corrected chi connectivity index (χ2v) is 3.53. The predicted octanol–water partition coefficient (Wildman–Crippen LogP) is 1.90. The van der Waals surface area contributed by atoms with Gasteiger partial charge in [-0.25, -0.2) is 0 Å². The molecule has 1 nitrogen and oxygen atoms in total. The van der Waals surface area contributed by atoms with Gasteiger partial charge in [-0.05, 0) is 19.1 Å². The van der Waals surface area contributed by atoms with Crippen molar-refractivity contribution < 1.29 is 5.11 Å². The van der Waals surface area contributed by atoms with Crippen LogP contribution in [-0.4, -0.2) is 22.7 Å². The van der Waals surface area contributed by atoms with Gasteiger partial charge in [0, 0.05) is 4.75 Å². The SMILES string of the molecule is CCC(CC)(CO)SC. The van der Waals surface area contributed by atoms with E-state index >= 15 is 0 Å². The highest BCUT2D eigenvalue weighted by molar-refractivity contribution is 8.00. The van der Waals surface area contributed by atoms with Crippen molar-refractivity contribution >= 4 is 11.8 Å². The Morgan fingerprint density at radius 3 is 1.78 bits per heavy atom. The third-order valence-corrected chi connectivity index (χ3v) is 3.58. The van der Waals surface area contributed by atoms with Gasteiger partial charge in [0.25, 0.3) is 0 Å². The van der Waals surface area contributed by atoms with Crippen molar-refractivity contribution in [2.45, 2.75) is 31.4 Å². The zero-order valence-corrected chi connectivity index (χ0v) is 7.29. The molecule has 0 aliphatic heterocycles. The fourth-order valence-corrected chi connectivity index (χ4v) is 1.53. The standard InChI is InChI=1S/C7H16OS/c1-4-7(5-2,6-8)9-3/h8H,4-6H2,1-3H3. The van der Waals surface area contributed by atoms with Crippen LogP contribution in [0.2, 0.25) is 0 Å². The minimum absolute atomic E-state index is 0.139. The molecule has 0 bridgehead atoms. The molecule has 0 aromatic heterocycles. The summed E-state index contributed by atoms with van der Waals surface area (Å²) in [6, 6.07) is 0. The normalized spacial score (nSPS) is 12.0. The first-order valence-corrected chi connectivity index (χ1v) is 4.63. The fraction of sp³-hybridized carbons (Fsp3) is 1.00. The molecule has 1 N–H and O–H groups in total. The maximum atomic E-state index is 8.96. The highest BCUT2D eigenvalue weighted by Crippen LogP contribution is 2.29. The van der Waals surface area contributed by atoms with Gasteiger partial charge in [-0.2, -0.15) is 11.8 Å². The Labute approximate surface area is 61.8 Å². The van der Waals surface area contributed by atoms with Gasteiger partial charge in [0.05, 0.1) is 6.61 Å². The Morgan fingerprint density at radius 1 is 1.33 bits per heavy atom. The first-order chi connectivity index (χ1) is 4.24. The Balaban J connectivity index is 3.82. The van der Waals surface area contributed by atoms with E-state index in [1.807, 2.05) is 0 Å². The Bertz CT molecular complexity index is 51.8. The van der Waals surface area contributed by atoms with Gasteiger partial charge >= 0.3 is 0 Å². The van der Waals surface area contributed by atoms with Crippen molar-refractivity contribution in [1.29, 1.82) is 0 Å². The van der Waals surface area contributed by atoms with Crippen LogP contribution in [0.3, 0.4) is 0 Å². The van der Waals surface area contributed by atoms with Crippen molar-refractivity contribution in [2.24, 2.45) is 0 Å². The van der Waals surface area contributed by atoms with E-state index in [1.165, 1.54) is 0 Å². The highest BCUT2D eigenvalue weighted by atomic mass is 32.2. The van der Waals surface area contributed by atoms with Crippen molar-refractivity contribution in [1.82, 2.24) is 0 Å². The number of thioether (sulfide) groups is 1. The molecule has 2 heteroatoms. The molecule has 0 saturated heterocycles. The maximum Gasteiger partial charge on any atom is 0.0577 e. The first kappa shape index (κ1) is 9.31. The van der Waals surface area contributed by atoms with Crippen LogP contribution in [0.1, 0.15) is 26.7 Å². The van der Waals surface area contributed by atoms with Crippen LogP contribution < -0.4 is 0 Å². The molecule has 0 heterocycles. The summed E-state index contributed by atoms with van der Waals surface area (Å²) in [6.45, 7) is 4.55. The Morgan fingerprint density at radius 2 is 1.78 bits per heavy atom. The number of rotatable bonds is 4. The Kier molecular flexibility index (Phi) is 4.32. The molecule has 0 aromatic rings. The lowest BCUT2D eigenvalue weighted by atomic mass is 10.0. The Hall–Kier alpha value is 0.310. The second-order valence-electron chi connectivity index (χ2n) is 2.25. The van der Waals surface area contributed by atoms with E-state index in [1.54, 1.807) is 11.8 Å². The molecule has 0 aliphatic rings. The quantitative estimate of drug-likeness (QED) is 0.657. The van der Waals surface area contributed by atoms with Gasteiger partial charge in [-0.1, -0.05) is 13.8 Å². The molecule has 0 rings (SSSR count). The molecular weight excluding hydrogens is 132 g/mol. The minimum Gasteiger partial charge on any atom is -0.395 e. The number of hydrogen-bond donors (Lipinski definition) is 1. The van der Waals surface area contributed by atoms with E-state index in [4.69, 9.17) is 5.11 Å². The molecule has 0 atom stereocenters. The average molecular weight is 148 g/mol. The summed E-state index contributed by atoms with van der Waals surface area (Å²) in [7, 11) is 0. The molecule has 0 spiro atoms. The summed E-state index contributed by atoms with van der Waals surface area (Å²) in [5, 5.41) is 8.96. The lowest BCUT2D eigenvalue weighted by Gasteiger charge is -2.26. The third-order valence-electron chi connectivity index (χ3n) is 2.01. The monoisotopic (exact) mass is 148 g/mol. The molecule has 0 amide bonds. The summed E-state index contributed by atoms with van der Waals surface area (Å²) in [4.78, 5) is 0. The van der Waals surface area contributed by atoms with E-state index in [2.05, 4.69) is 20.1 Å². The fourth-order valence-electron chi connectivity index (χ4n) is 0.827. The van der Waals surface area contributed by atoms with Gasteiger partial charge in [0.15, 0.2) is 0 Å². The lowest BCUT2D eigenvalue weighted by Crippen LogP contribution is -2.26. The molecule has 0 saturated carbocycles. The van der Waals surface area contributed by atoms with Crippen molar-refractivity contribution in [3.63, 3.8) is 0 Å². The maximum absolute atomic E-state index is 8.96. The number of aliphatic hydroxyl groups is 1. The van der Waals surface area contributed by atoms with Crippen LogP contribution >= 0.6 is 11.8 Å². The summed E-state index contributed by atoms with van der Waals surface area (Å²) in [6.07, 6.45) is 4.17. The molecule has 56 valence electrons.